The zero-order valence-corrected chi connectivity index (χ0v) is 26.5. The van der Waals surface area contributed by atoms with Gasteiger partial charge in [-0.05, 0) is 73.4 Å². The van der Waals surface area contributed by atoms with Gasteiger partial charge in [-0.15, -0.1) is 23.2 Å². The molecule has 2 aliphatic carbocycles. The van der Waals surface area contributed by atoms with Gasteiger partial charge in [0.1, 0.15) is 23.9 Å². The normalized spacial score (nSPS) is 29.7. The molecular formula is C33H21Cl2F7N2O6. The number of imide groups is 2. The molecule has 3 fully saturated rings. The second kappa shape index (κ2) is 11.1. The first kappa shape index (κ1) is 34.2. The molecule has 7 rings (SSSR count). The molecule has 4 amide bonds. The Kier molecular flexibility index (Phi) is 7.63. The second-order valence-electron chi connectivity index (χ2n) is 12.5. The molecular weight excluding hydrogens is 724 g/mol. The fraction of sp³-hybridized carbons (Fsp3) is 0.333. The van der Waals surface area contributed by atoms with E-state index in [0.29, 0.717) is 4.90 Å². The molecule has 1 aromatic heterocycles. The fourth-order valence-electron chi connectivity index (χ4n) is 7.67. The highest BCUT2D eigenvalue weighted by molar-refractivity contribution is 6.58. The minimum atomic E-state index is -5.27. The quantitative estimate of drug-likeness (QED) is 0.138. The first-order valence-electron chi connectivity index (χ1n) is 14.9. The van der Waals surface area contributed by atoms with Crippen molar-refractivity contribution in [1.82, 2.24) is 0 Å². The number of aliphatic hydroxyl groups excluding tert-OH is 1. The van der Waals surface area contributed by atoms with E-state index in [4.69, 9.17) is 27.6 Å². The molecule has 8 nitrogen and oxygen atoms in total. The standard InChI is InChI=1S/C33H21Cl2F7N2O6/c34-30-12-22-20(6-7-21-24(22)27(47)43(26(21)46)18-10-14(32(37,38)39)9-15(11-18)33(40,41)42)25(23-8-5-19(13-45)50-23)31(30,35)29(49)44(28(30)48)17-3-1-16(36)2-4-17/h1-6,8-11,21-22,24-25,45H,7,12-13H2/t21-,22+,24-,25+,30+,31-/m0/s1. The molecule has 0 unspecified atom stereocenters. The molecule has 1 saturated carbocycles. The van der Waals surface area contributed by atoms with Gasteiger partial charge >= 0.3 is 12.4 Å². The van der Waals surface area contributed by atoms with Gasteiger partial charge in [-0.1, -0.05) is 11.6 Å². The summed E-state index contributed by atoms with van der Waals surface area (Å²) in [4.78, 5) is 52.5. The van der Waals surface area contributed by atoms with E-state index in [1.165, 1.54) is 18.2 Å². The highest BCUT2D eigenvalue weighted by Gasteiger charge is 2.77. The van der Waals surface area contributed by atoms with Gasteiger partial charge in [0.15, 0.2) is 9.75 Å². The summed E-state index contributed by atoms with van der Waals surface area (Å²) in [6.45, 7) is -0.589. The number of carbonyl (C=O) groups is 4. The Hall–Kier alpha value is -4.21. The van der Waals surface area contributed by atoms with Gasteiger partial charge in [0.05, 0.1) is 40.3 Å². The molecule has 1 N–H and O–H groups in total. The lowest BCUT2D eigenvalue weighted by Gasteiger charge is -2.49. The summed E-state index contributed by atoms with van der Waals surface area (Å²) in [6, 6.07) is 7.37. The summed E-state index contributed by atoms with van der Waals surface area (Å²) in [5.74, 6) is -10.4. The van der Waals surface area contributed by atoms with Crippen molar-refractivity contribution in [3.8, 4) is 0 Å². The fourth-order valence-corrected chi connectivity index (χ4v) is 8.58. The number of hydrogen-bond donors (Lipinski definition) is 1. The van der Waals surface area contributed by atoms with Crippen LogP contribution in [0.5, 0.6) is 0 Å². The predicted octanol–water partition coefficient (Wildman–Crippen LogP) is 6.72. The molecule has 6 atom stereocenters. The number of aliphatic hydroxyl groups is 1. The molecule has 2 aromatic carbocycles. The first-order valence-corrected chi connectivity index (χ1v) is 15.7. The molecule has 3 heterocycles. The van der Waals surface area contributed by atoms with Crippen molar-refractivity contribution < 1.29 is 59.4 Å². The van der Waals surface area contributed by atoms with Crippen LogP contribution in [-0.4, -0.2) is 38.5 Å². The van der Waals surface area contributed by atoms with Crippen molar-refractivity contribution in [1.29, 1.82) is 0 Å². The van der Waals surface area contributed by atoms with Crippen molar-refractivity contribution in [2.24, 2.45) is 17.8 Å². The number of furan rings is 1. The van der Waals surface area contributed by atoms with Crippen LogP contribution in [0.1, 0.15) is 41.4 Å². The lowest BCUT2D eigenvalue weighted by molar-refractivity contribution is -0.143. The van der Waals surface area contributed by atoms with E-state index < -0.39 is 105 Å². The average Bonchev–Trinajstić information content (AvgIpc) is 3.66. The van der Waals surface area contributed by atoms with Crippen molar-refractivity contribution in [3.05, 3.63) is 94.7 Å². The highest BCUT2D eigenvalue weighted by Crippen LogP contribution is 2.66. The molecule has 0 radical (unpaired) electrons. The summed E-state index contributed by atoms with van der Waals surface area (Å²) in [6.07, 6.45) is -9.88. The molecule has 3 aromatic rings. The van der Waals surface area contributed by atoms with E-state index in [2.05, 4.69) is 0 Å². The molecule has 262 valence electrons. The number of fused-ring (bicyclic) bond motifs is 4. The number of anilines is 2. The number of benzene rings is 2. The Morgan fingerprint density at radius 2 is 1.42 bits per heavy atom. The minimum Gasteiger partial charge on any atom is -0.463 e. The van der Waals surface area contributed by atoms with Crippen LogP contribution in [0.25, 0.3) is 0 Å². The van der Waals surface area contributed by atoms with Crippen LogP contribution in [0.4, 0.5) is 42.1 Å². The maximum absolute atomic E-state index is 14.3. The SMILES string of the molecule is O=C1[C@H]2[C@H](CC=C3[C@H]2C[C@@]2(Cl)C(=O)N(c4ccc(F)cc4)C(=O)[C@@]2(Cl)[C@H]3c2ccc(CO)o2)C(=O)N1c1cc(C(F)(F)F)cc(C(F)(F)F)c1. The number of alkyl halides is 8. The summed E-state index contributed by atoms with van der Waals surface area (Å²) >= 11 is 14.3. The van der Waals surface area contributed by atoms with E-state index in [1.807, 2.05) is 0 Å². The molecule has 2 aliphatic heterocycles. The van der Waals surface area contributed by atoms with Crippen LogP contribution in [0, 0.1) is 23.6 Å². The maximum Gasteiger partial charge on any atom is 0.416 e. The average molecular weight is 745 g/mol. The summed E-state index contributed by atoms with van der Waals surface area (Å²) in [5, 5.41) is 9.70. The molecule has 17 heteroatoms. The van der Waals surface area contributed by atoms with E-state index in [9.17, 15) is 55.0 Å². The van der Waals surface area contributed by atoms with Crippen LogP contribution in [0.3, 0.4) is 0 Å². The number of hydrogen-bond acceptors (Lipinski definition) is 6. The first-order chi connectivity index (χ1) is 23.3. The lowest BCUT2D eigenvalue weighted by Crippen LogP contribution is -2.60. The minimum absolute atomic E-state index is 0.0207. The van der Waals surface area contributed by atoms with Crippen LogP contribution in [0.2, 0.25) is 0 Å². The Labute approximate surface area is 287 Å². The number of nitrogens with zero attached hydrogens (tertiary/aromatic N) is 2. The van der Waals surface area contributed by atoms with Crippen molar-refractivity contribution in [2.45, 2.75) is 47.5 Å². The van der Waals surface area contributed by atoms with Gasteiger partial charge in [0.25, 0.3) is 11.8 Å². The van der Waals surface area contributed by atoms with Crippen LogP contribution >= 0.6 is 23.2 Å². The highest BCUT2D eigenvalue weighted by atomic mass is 35.5. The van der Waals surface area contributed by atoms with Gasteiger partial charge in [-0.2, -0.15) is 26.3 Å². The number of halogens is 9. The lowest BCUT2D eigenvalue weighted by atomic mass is 9.57. The van der Waals surface area contributed by atoms with Gasteiger partial charge in [-0.25, -0.2) is 14.2 Å². The number of carbonyl (C=O) groups excluding carboxylic acids is 4. The third kappa shape index (κ3) is 4.76. The third-order valence-electron chi connectivity index (χ3n) is 9.85. The van der Waals surface area contributed by atoms with E-state index in [1.54, 1.807) is 0 Å². The Balaban J connectivity index is 1.37. The molecule has 2 saturated heterocycles. The zero-order chi connectivity index (χ0) is 36.3. The van der Waals surface area contributed by atoms with Gasteiger partial charge < -0.3 is 9.52 Å². The largest absolute Gasteiger partial charge is 0.463 e. The summed E-state index contributed by atoms with van der Waals surface area (Å²) < 4.78 is 102. The molecule has 0 bridgehead atoms. The van der Waals surface area contributed by atoms with Gasteiger partial charge in [0.2, 0.25) is 11.8 Å². The predicted molar refractivity (Wildman–Crippen MR) is 160 cm³/mol. The smallest absolute Gasteiger partial charge is 0.416 e. The Morgan fingerprint density at radius 3 is 1.98 bits per heavy atom. The van der Waals surface area contributed by atoms with Crippen molar-refractivity contribution in [2.75, 3.05) is 9.80 Å². The summed E-state index contributed by atoms with van der Waals surface area (Å²) in [7, 11) is 0. The van der Waals surface area contributed by atoms with Crippen LogP contribution in [0.15, 0.2) is 70.7 Å². The Morgan fingerprint density at radius 1 is 0.800 bits per heavy atom. The molecule has 50 heavy (non-hydrogen) atoms. The van der Waals surface area contributed by atoms with Crippen molar-refractivity contribution >= 4 is 58.2 Å². The topological polar surface area (TPSA) is 108 Å². The molecule has 0 spiro atoms. The Bertz CT molecular complexity index is 1980. The van der Waals surface area contributed by atoms with Crippen LogP contribution in [-0.2, 0) is 38.1 Å². The maximum atomic E-state index is 14.3. The number of allylic oxidation sites excluding steroid dienone is 2. The van der Waals surface area contributed by atoms with E-state index in [-0.39, 0.29) is 52.3 Å². The monoisotopic (exact) mass is 744 g/mol. The number of rotatable bonds is 4. The van der Waals surface area contributed by atoms with Gasteiger partial charge in [0, 0.05) is 0 Å². The molecule has 4 aliphatic rings. The second-order valence-corrected chi connectivity index (χ2v) is 13.7. The third-order valence-corrected chi connectivity index (χ3v) is 11.3. The van der Waals surface area contributed by atoms with Crippen molar-refractivity contribution in [3.63, 3.8) is 0 Å². The van der Waals surface area contributed by atoms with Gasteiger partial charge in [-0.3, -0.25) is 19.2 Å². The summed E-state index contributed by atoms with van der Waals surface area (Å²) in [5.41, 5.74) is -4.32. The van der Waals surface area contributed by atoms with E-state index in [0.717, 1.165) is 24.3 Å². The number of amides is 4. The zero-order valence-electron chi connectivity index (χ0n) is 25.0. The van der Waals surface area contributed by atoms with Crippen LogP contribution < -0.4 is 9.80 Å². The van der Waals surface area contributed by atoms with E-state index >= 15 is 0 Å².